The van der Waals surface area contributed by atoms with Crippen molar-refractivity contribution >= 4 is 5.91 Å². The number of carbonyl (C=O) groups is 1. The summed E-state index contributed by atoms with van der Waals surface area (Å²) in [5, 5.41) is 11.2. The fourth-order valence-corrected chi connectivity index (χ4v) is 2.14. The van der Waals surface area contributed by atoms with Gasteiger partial charge in [-0.2, -0.15) is 0 Å². The van der Waals surface area contributed by atoms with Crippen LogP contribution in [0.2, 0.25) is 0 Å². The monoisotopic (exact) mass is 286 g/mol. The second-order valence-electron chi connectivity index (χ2n) is 5.19. The summed E-state index contributed by atoms with van der Waals surface area (Å²) in [4.78, 5) is 18.2. The van der Waals surface area contributed by atoms with Gasteiger partial charge in [0.2, 0.25) is 0 Å². The number of hydrogen-bond acceptors (Lipinski definition) is 5. The van der Waals surface area contributed by atoms with Gasteiger partial charge in [0, 0.05) is 45.0 Å². The zero-order chi connectivity index (χ0) is 14.7. The van der Waals surface area contributed by atoms with Crippen molar-refractivity contribution in [2.24, 2.45) is 0 Å². The van der Waals surface area contributed by atoms with Gasteiger partial charge in [-0.25, -0.2) is 4.68 Å². The van der Waals surface area contributed by atoms with E-state index < -0.39 is 0 Å². The SMILES string of the molecule is CN(CCc1ccccn1)C(=O)c1cn(C2CNC2)nn1. The van der Waals surface area contributed by atoms with E-state index in [-0.39, 0.29) is 5.91 Å². The Kier molecular flexibility index (Phi) is 3.92. The molecule has 0 radical (unpaired) electrons. The van der Waals surface area contributed by atoms with E-state index in [4.69, 9.17) is 0 Å². The third-order valence-electron chi connectivity index (χ3n) is 3.64. The lowest BCUT2D eigenvalue weighted by molar-refractivity contribution is 0.0790. The van der Waals surface area contributed by atoms with Crippen LogP contribution in [0.1, 0.15) is 22.2 Å². The third-order valence-corrected chi connectivity index (χ3v) is 3.64. The van der Waals surface area contributed by atoms with E-state index in [2.05, 4.69) is 20.6 Å². The molecule has 1 aliphatic rings. The van der Waals surface area contributed by atoms with Crippen LogP contribution < -0.4 is 5.32 Å². The fourth-order valence-electron chi connectivity index (χ4n) is 2.14. The third kappa shape index (κ3) is 3.08. The topological polar surface area (TPSA) is 75.9 Å². The molecule has 0 aromatic carbocycles. The minimum absolute atomic E-state index is 0.107. The van der Waals surface area contributed by atoms with Crippen LogP contribution in [0.15, 0.2) is 30.6 Å². The number of nitrogens with zero attached hydrogens (tertiary/aromatic N) is 5. The first-order valence-electron chi connectivity index (χ1n) is 7.02. The Bertz CT molecular complexity index is 607. The van der Waals surface area contributed by atoms with Crippen LogP contribution in [0.4, 0.5) is 0 Å². The van der Waals surface area contributed by atoms with Gasteiger partial charge in [0.1, 0.15) is 0 Å². The normalized spacial score (nSPS) is 14.7. The van der Waals surface area contributed by atoms with Crippen LogP contribution in [0.3, 0.4) is 0 Å². The standard InChI is InChI=1S/C14H18N6O/c1-19(7-5-11-4-2-3-6-16-11)14(21)13-10-20(18-17-13)12-8-15-9-12/h2-4,6,10,12,15H,5,7-9H2,1H3. The number of rotatable bonds is 5. The predicted octanol–water partition coefficient (Wildman–Crippen LogP) is 0.132. The molecule has 2 aromatic heterocycles. The van der Waals surface area contributed by atoms with E-state index in [1.165, 1.54) is 0 Å². The molecule has 0 bridgehead atoms. The summed E-state index contributed by atoms with van der Waals surface area (Å²) in [6.45, 7) is 2.37. The lowest BCUT2D eigenvalue weighted by Crippen LogP contribution is -2.43. The van der Waals surface area contributed by atoms with E-state index in [0.717, 1.165) is 25.2 Å². The first-order chi connectivity index (χ1) is 10.2. The fraction of sp³-hybridized carbons (Fsp3) is 0.429. The number of pyridine rings is 1. The molecule has 0 spiro atoms. The van der Waals surface area contributed by atoms with Gasteiger partial charge in [0.25, 0.3) is 5.91 Å². The highest BCUT2D eigenvalue weighted by atomic mass is 16.2. The molecular formula is C14H18N6O. The van der Waals surface area contributed by atoms with Crippen LogP contribution in [0, 0.1) is 0 Å². The van der Waals surface area contributed by atoms with Crippen molar-refractivity contribution in [1.29, 1.82) is 0 Å². The second-order valence-corrected chi connectivity index (χ2v) is 5.19. The summed E-state index contributed by atoms with van der Waals surface area (Å²) in [6.07, 6.45) is 4.21. The molecule has 3 rings (SSSR count). The highest BCUT2D eigenvalue weighted by Gasteiger charge is 2.22. The van der Waals surface area contributed by atoms with Crippen molar-refractivity contribution in [3.05, 3.63) is 42.0 Å². The van der Waals surface area contributed by atoms with Gasteiger partial charge < -0.3 is 10.2 Å². The van der Waals surface area contributed by atoms with Gasteiger partial charge >= 0.3 is 0 Å². The smallest absolute Gasteiger partial charge is 0.275 e. The van der Waals surface area contributed by atoms with Crippen LogP contribution >= 0.6 is 0 Å². The Morgan fingerprint density at radius 1 is 1.48 bits per heavy atom. The molecule has 2 aromatic rings. The number of amides is 1. The molecule has 1 fully saturated rings. The van der Waals surface area contributed by atoms with Gasteiger partial charge in [0.15, 0.2) is 5.69 Å². The molecule has 0 atom stereocenters. The Hall–Kier alpha value is -2.28. The van der Waals surface area contributed by atoms with Crippen LogP contribution in [-0.2, 0) is 6.42 Å². The number of likely N-dealkylation sites (N-methyl/N-ethyl adjacent to an activating group) is 1. The van der Waals surface area contributed by atoms with Crippen molar-refractivity contribution in [2.45, 2.75) is 12.5 Å². The quantitative estimate of drug-likeness (QED) is 0.845. The number of hydrogen-bond donors (Lipinski definition) is 1. The summed E-state index contributed by atoms with van der Waals surface area (Å²) in [6, 6.07) is 6.10. The first-order valence-corrected chi connectivity index (χ1v) is 7.02. The van der Waals surface area contributed by atoms with E-state index in [9.17, 15) is 4.79 Å². The molecule has 0 saturated carbocycles. The maximum Gasteiger partial charge on any atom is 0.275 e. The van der Waals surface area contributed by atoms with Crippen LogP contribution in [0.25, 0.3) is 0 Å². The lowest BCUT2D eigenvalue weighted by atomic mass is 10.2. The maximum absolute atomic E-state index is 12.3. The molecule has 3 heterocycles. The van der Waals surface area contributed by atoms with Gasteiger partial charge in [-0.05, 0) is 12.1 Å². The summed E-state index contributed by atoms with van der Waals surface area (Å²) < 4.78 is 1.76. The minimum Gasteiger partial charge on any atom is -0.340 e. The van der Waals surface area contributed by atoms with Crippen LogP contribution in [-0.4, -0.2) is 57.5 Å². The van der Waals surface area contributed by atoms with Crippen LogP contribution in [0.5, 0.6) is 0 Å². The molecule has 1 amide bonds. The summed E-state index contributed by atoms with van der Waals surface area (Å²) >= 11 is 0. The highest BCUT2D eigenvalue weighted by molar-refractivity contribution is 5.91. The van der Waals surface area contributed by atoms with Gasteiger partial charge in [-0.1, -0.05) is 11.3 Å². The van der Waals surface area contributed by atoms with Crippen molar-refractivity contribution in [3.8, 4) is 0 Å². The molecule has 1 N–H and O–H groups in total. The van der Waals surface area contributed by atoms with E-state index >= 15 is 0 Å². The Morgan fingerprint density at radius 3 is 3.00 bits per heavy atom. The average molecular weight is 286 g/mol. The molecule has 0 aliphatic carbocycles. The molecule has 0 unspecified atom stereocenters. The summed E-state index contributed by atoms with van der Waals surface area (Å²) in [5.41, 5.74) is 1.37. The zero-order valence-electron chi connectivity index (χ0n) is 11.9. The molecular weight excluding hydrogens is 268 g/mol. The Balaban J connectivity index is 1.57. The maximum atomic E-state index is 12.3. The molecule has 21 heavy (non-hydrogen) atoms. The zero-order valence-corrected chi connectivity index (χ0v) is 11.9. The number of carbonyl (C=O) groups excluding carboxylic acids is 1. The second kappa shape index (κ2) is 6.01. The average Bonchev–Trinajstić information content (AvgIpc) is 2.92. The molecule has 1 aliphatic heterocycles. The number of nitrogens with one attached hydrogen (secondary N) is 1. The first kappa shape index (κ1) is 13.7. The Morgan fingerprint density at radius 2 is 2.33 bits per heavy atom. The Labute approximate surface area is 123 Å². The van der Waals surface area contributed by atoms with E-state index in [1.807, 2.05) is 18.2 Å². The van der Waals surface area contributed by atoms with Gasteiger partial charge in [0.05, 0.1) is 12.2 Å². The minimum atomic E-state index is -0.107. The van der Waals surface area contributed by atoms with Crippen molar-refractivity contribution < 1.29 is 4.79 Å². The predicted molar refractivity (Wildman–Crippen MR) is 76.8 cm³/mol. The molecule has 110 valence electrons. The van der Waals surface area contributed by atoms with Crippen molar-refractivity contribution in [3.63, 3.8) is 0 Å². The molecule has 1 saturated heterocycles. The largest absolute Gasteiger partial charge is 0.340 e. The van der Waals surface area contributed by atoms with Crippen molar-refractivity contribution in [2.75, 3.05) is 26.7 Å². The molecule has 7 nitrogen and oxygen atoms in total. The summed E-state index contributed by atoms with van der Waals surface area (Å²) in [5.74, 6) is -0.107. The lowest BCUT2D eigenvalue weighted by Gasteiger charge is -2.26. The molecule has 7 heteroatoms. The van der Waals surface area contributed by atoms with Gasteiger partial charge in [-0.3, -0.25) is 9.78 Å². The number of aromatic nitrogens is 4. The van der Waals surface area contributed by atoms with E-state index in [0.29, 0.717) is 18.3 Å². The highest BCUT2D eigenvalue weighted by Crippen LogP contribution is 2.10. The van der Waals surface area contributed by atoms with E-state index in [1.54, 1.807) is 29.0 Å². The van der Waals surface area contributed by atoms with Gasteiger partial charge in [-0.15, -0.1) is 5.10 Å². The summed E-state index contributed by atoms with van der Waals surface area (Å²) in [7, 11) is 1.77. The van der Waals surface area contributed by atoms with Crippen molar-refractivity contribution in [1.82, 2.24) is 30.2 Å².